The molecule has 15 aliphatic rings. The first kappa shape index (κ1) is 38.9. The van der Waals surface area contributed by atoms with Crippen LogP contribution in [-0.4, -0.2) is 65.1 Å². The molecule has 3 spiro atoms. The van der Waals surface area contributed by atoms with Crippen molar-refractivity contribution in [2.24, 2.45) is 63.9 Å². The Bertz CT molecular complexity index is 2630. The number of ether oxygens (including phenoxy) is 2. The lowest BCUT2D eigenvalue weighted by molar-refractivity contribution is -0.279. The number of carbonyl (C=O) groups excluding carboxylic acids is 2. The number of carbonyl (C=O) groups is 2. The fourth-order valence-electron chi connectivity index (χ4n) is 18.3. The molecule has 0 radical (unpaired) electrons. The highest BCUT2D eigenvalue weighted by Gasteiger charge is 2.93. The van der Waals surface area contributed by atoms with E-state index < -0.39 is 16.4 Å². The number of aliphatic hydroxyl groups is 1. The smallest absolute Gasteiger partial charge is 0.339 e. The van der Waals surface area contributed by atoms with Gasteiger partial charge in [-0.15, -0.1) is 0 Å². The number of aliphatic hydroxyl groups excluding tert-OH is 1. The molecule has 1 unspecified atom stereocenters. The standard InChI is InChI=1S/C56H63N3O5/c1-30-22-45(60)51-54-20-19-41-43-26-37-25-36-23-32(8-3-4-14-46(55(43,54)53(62)63-51)56(54)42-13-6-10-35(11-7-21-57)48(42)52(61)64-56)15-16-34(36)9-5-12-39-31(2)47(37)49(41)50-40(39)17-18-44-38-24-33(28-59(44)50)27-58(30)29-38/h6,10,13,15-16,23,30-31,33,37-39,44,46-47,49,60H,3-4,7-9,11,14,17-22,24-29,57H2,1-2H3/b51-45-/t30-,31+,33-,37+,38+,39+,44-,46-,47+,49-,54+,55-,56+/m0/s1. The van der Waals surface area contributed by atoms with Crippen molar-refractivity contribution in [2.45, 2.75) is 128 Å². The third-order valence-electron chi connectivity index (χ3n) is 20.3. The van der Waals surface area contributed by atoms with Crippen molar-refractivity contribution in [3.05, 3.63) is 104 Å². The molecule has 2 aromatic carbocycles. The van der Waals surface area contributed by atoms with E-state index in [1.54, 1.807) is 11.3 Å². The van der Waals surface area contributed by atoms with Gasteiger partial charge < -0.3 is 25.2 Å². The van der Waals surface area contributed by atoms with Crippen molar-refractivity contribution in [1.82, 2.24) is 9.80 Å². The van der Waals surface area contributed by atoms with Gasteiger partial charge in [0.15, 0.2) is 11.4 Å². The monoisotopic (exact) mass is 857 g/mol. The molecule has 9 aliphatic heterocycles. The molecule has 8 nitrogen and oxygen atoms in total. The molecule has 0 aromatic heterocycles. The molecule has 3 saturated heterocycles. The number of allylic oxidation sites excluding steroid dienone is 2. The van der Waals surface area contributed by atoms with Crippen molar-refractivity contribution >= 4 is 11.9 Å². The number of nitrogens with two attached hydrogens (primary N) is 1. The van der Waals surface area contributed by atoms with Crippen molar-refractivity contribution in [1.29, 1.82) is 0 Å². The summed E-state index contributed by atoms with van der Waals surface area (Å²) in [5.74, 6) is 10.2. The highest BCUT2D eigenvalue weighted by atomic mass is 16.6. The summed E-state index contributed by atoms with van der Waals surface area (Å²) in [6, 6.07) is 14.1. The molecule has 17 rings (SSSR count). The molecule has 64 heavy (non-hydrogen) atoms. The minimum absolute atomic E-state index is 0.0556. The van der Waals surface area contributed by atoms with Crippen LogP contribution in [0.15, 0.2) is 70.3 Å². The van der Waals surface area contributed by atoms with Crippen LogP contribution in [0.3, 0.4) is 0 Å². The summed E-state index contributed by atoms with van der Waals surface area (Å²) in [4.78, 5) is 36.6. The minimum atomic E-state index is -1.15. The van der Waals surface area contributed by atoms with Crippen LogP contribution in [0, 0.1) is 70.0 Å². The second-order valence-corrected chi connectivity index (χ2v) is 22.7. The van der Waals surface area contributed by atoms with Crippen molar-refractivity contribution in [3.63, 3.8) is 0 Å². The Labute approximate surface area is 378 Å². The van der Waals surface area contributed by atoms with Gasteiger partial charge in [0.1, 0.15) is 11.2 Å². The van der Waals surface area contributed by atoms with Gasteiger partial charge >= 0.3 is 11.9 Å². The molecular formula is C56H63N3O5. The highest BCUT2D eigenvalue weighted by Crippen LogP contribution is 2.87. The number of aryl methyl sites for hydroxylation is 2. The summed E-state index contributed by atoms with van der Waals surface area (Å²) >= 11 is 0. The van der Waals surface area contributed by atoms with Gasteiger partial charge in [0.25, 0.3) is 0 Å². The van der Waals surface area contributed by atoms with E-state index in [1.807, 2.05) is 0 Å². The van der Waals surface area contributed by atoms with E-state index in [2.05, 4.69) is 71.9 Å². The third-order valence-corrected chi connectivity index (χ3v) is 20.3. The van der Waals surface area contributed by atoms with Gasteiger partial charge in [-0.25, -0.2) is 4.79 Å². The Hall–Kier alpha value is -4.32. The normalized spacial score (nSPS) is 43.7. The fourth-order valence-corrected chi connectivity index (χ4v) is 18.3. The number of benzene rings is 2. The van der Waals surface area contributed by atoms with Gasteiger partial charge in [-0.05, 0) is 148 Å². The molecule has 9 heterocycles. The Morgan fingerprint density at radius 2 is 1.86 bits per heavy atom. The zero-order valence-electron chi connectivity index (χ0n) is 37.7. The Kier molecular flexibility index (Phi) is 8.15. The average Bonchev–Trinajstić information content (AvgIpc) is 3.74. The number of nitrogens with zero attached hydrogens (tertiary/aromatic N) is 2. The average molecular weight is 858 g/mol. The maximum absolute atomic E-state index is 16.1. The first-order chi connectivity index (χ1) is 31.2. The molecule has 4 fully saturated rings. The Balaban J connectivity index is 1.09. The molecule has 332 valence electrons. The lowest BCUT2D eigenvalue weighted by Gasteiger charge is -2.72. The van der Waals surface area contributed by atoms with Crippen LogP contribution in [0.25, 0.3) is 0 Å². The lowest BCUT2D eigenvalue weighted by Crippen LogP contribution is -2.77. The molecule has 0 amide bonds. The second-order valence-electron chi connectivity index (χ2n) is 22.7. The summed E-state index contributed by atoms with van der Waals surface area (Å²) in [5.41, 5.74) is 15.5. The van der Waals surface area contributed by atoms with E-state index in [-0.39, 0.29) is 41.5 Å². The second kappa shape index (κ2) is 13.4. The summed E-state index contributed by atoms with van der Waals surface area (Å²) in [5, 5.41) is 13.0. The largest absolute Gasteiger partial charge is 0.509 e. The summed E-state index contributed by atoms with van der Waals surface area (Å²) in [6.45, 7) is 8.45. The van der Waals surface area contributed by atoms with Crippen molar-refractivity contribution < 1.29 is 24.2 Å². The van der Waals surface area contributed by atoms with Gasteiger partial charge in [0.05, 0.1) is 11.0 Å². The van der Waals surface area contributed by atoms with E-state index in [4.69, 9.17) is 15.2 Å². The zero-order valence-corrected chi connectivity index (χ0v) is 37.7. The van der Waals surface area contributed by atoms with E-state index in [1.165, 1.54) is 40.7 Å². The minimum Gasteiger partial charge on any atom is -0.509 e. The highest BCUT2D eigenvalue weighted by molar-refractivity contribution is 6.00. The number of fused-ring (bicyclic) bond motifs is 6. The predicted molar refractivity (Wildman–Crippen MR) is 242 cm³/mol. The molecule has 3 N–H and O–H groups in total. The van der Waals surface area contributed by atoms with Crippen LogP contribution < -0.4 is 5.73 Å². The SMILES string of the molecule is C[C@H]1[C@@H]2[C@H]3CC4=C5CC[C@@]67/C8=C(/O)C[C@H](C)N9C[C@@H]%10C[C@H](C9)[C@@H]9CCC(=C([C@@H]52)N9C%10)[C@@H]1C#CCc1ccc(cc1C3)CCCC[C@@H]([C@]46C(=O)O8)[C@@]71OC(=O)c2c(CCCN)cccc21. The molecule has 6 aliphatic carbocycles. The van der Waals surface area contributed by atoms with Crippen LogP contribution >= 0.6 is 0 Å². The van der Waals surface area contributed by atoms with Gasteiger partial charge in [0.2, 0.25) is 0 Å². The van der Waals surface area contributed by atoms with E-state index in [9.17, 15) is 9.90 Å². The van der Waals surface area contributed by atoms with E-state index in [0.717, 1.165) is 95.0 Å². The topological polar surface area (TPSA) is 105 Å². The fraction of sp³-hybridized carbons (Fsp3) is 0.607. The van der Waals surface area contributed by atoms with Gasteiger partial charge in [0, 0.05) is 73.6 Å². The van der Waals surface area contributed by atoms with Gasteiger partial charge in [-0.1, -0.05) is 72.7 Å². The maximum Gasteiger partial charge on any atom is 0.339 e. The summed E-state index contributed by atoms with van der Waals surface area (Å²) < 4.78 is 14.2. The number of hydrogen-bond acceptors (Lipinski definition) is 8. The molecule has 14 atom stereocenters. The predicted octanol–water partition coefficient (Wildman–Crippen LogP) is 8.47. The number of piperidine rings is 2. The maximum atomic E-state index is 16.1. The van der Waals surface area contributed by atoms with Crippen molar-refractivity contribution in [2.75, 3.05) is 26.2 Å². The third kappa shape index (κ3) is 4.56. The van der Waals surface area contributed by atoms with Gasteiger partial charge in [-0.3, -0.25) is 9.69 Å². The molecule has 8 heteroatoms. The van der Waals surface area contributed by atoms with E-state index in [0.29, 0.717) is 72.8 Å². The van der Waals surface area contributed by atoms with Crippen LogP contribution in [0.5, 0.6) is 0 Å². The number of hydrogen-bond donors (Lipinski definition) is 2. The number of esters is 2. The molecule has 17 bridgehead atoms. The first-order valence-corrected chi connectivity index (χ1v) is 25.4. The molecule has 2 aromatic rings. The van der Waals surface area contributed by atoms with E-state index >= 15 is 4.79 Å². The Morgan fingerprint density at radius 1 is 0.953 bits per heavy atom. The molecule has 1 saturated carbocycles. The first-order valence-electron chi connectivity index (χ1n) is 25.4. The number of rotatable bonds is 3. The van der Waals surface area contributed by atoms with Crippen LogP contribution in [-0.2, 0) is 45.6 Å². The van der Waals surface area contributed by atoms with Crippen LogP contribution in [0.2, 0.25) is 0 Å². The van der Waals surface area contributed by atoms with Crippen LogP contribution in [0.4, 0.5) is 0 Å². The lowest BCUT2D eigenvalue weighted by atomic mass is 9.28. The summed E-state index contributed by atoms with van der Waals surface area (Å²) in [6.07, 6.45) is 12.9. The quantitative estimate of drug-likeness (QED) is 0.180. The van der Waals surface area contributed by atoms with Gasteiger partial charge in [-0.2, -0.15) is 0 Å². The zero-order chi connectivity index (χ0) is 43.0. The van der Waals surface area contributed by atoms with Crippen molar-refractivity contribution in [3.8, 4) is 11.8 Å². The van der Waals surface area contributed by atoms with Crippen LogP contribution in [0.1, 0.15) is 123 Å². The Morgan fingerprint density at radius 3 is 2.75 bits per heavy atom. The molecular weight excluding hydrogens is 795 g/mol. The summed E-state index contributed by atoms with van der Waals surface area (Å²) in [7, 11) is 0.